The average molecular weight is 289 g/mol. The first-order chi connectivity index (χ1) is 10.0. The van der Waals surface area contributed by atoms with E-state index in [1.807, 2.05) is 30.3 Å². The Bertz CT molecular complexity index is 484. The monoisotopic (exact) mass is 289 g/mol. The number of aliphatic carboxylic acids is 1. The summed E-state index contributed by atoms with van der Waals surface area (Å²) in [7, 11) is 0. The van der Waals surface area contributed by atoms with Crippen molar-refractivity contribution < 1.29 is 9.90 Å². The molecule has 5 nitrogen and oxygen atoms in total. The Morgan fingerprint density at radius 1 is 1.33 bits per heavy atom. The number of aryl methyl sites for hydroxylation is 1. The van der Waals surface area contributed by atoms with Crippen LogP contribution in [0, 0.1) is 17.2 Å². The zero-order valence-corrected chi connectivity index (χ0v) is 12.2. The van der Waals surface area contributed by atoms with Gasteiger partial charge in [-0.15, -0.1) is 0 Å². The van der Waals surface area contributed by atoms with E-state index in [2.05, 4.69) is 6.07 Å². The van der Waals surface area contributed by atoms with E-state index in [-0.39, 0.29) is 6.42 Å². The third-order valence-corrected chi connectivity index (χ3v) is 3.78. The van der Waals surface area contributed by atoms with Gasteiger partial charge < -0.3 is 16.6 Å². The lowest BCUT2D eigenvalue weighted by Gasteiger charge is -2.29. The molecule has 5 N–H and O–H groups in total. The van der Waals surface area contributed by atoms with Crippen LogP contribution in [0.4, 0.5) is 0 Å². The molecular weight excluding hydrogens is 266 g/mol. The summed E-state index contributed by atoms with van der Waals surface area (Å²) >= 11 is 0. The molecule has 1 rings (SSSR count). The zero-order valence-electron chi connectivity index (χ0n) is 12.2. The maximum absolute atomic E-state index is 11.5. The van der Waals surface area contributed by atoms with Crippen LogP contribution in [0.15, 0.2) is 30.3 Å². The summed E-state index contributed by atoms with van der Waals surface area (Å²) in [6, 6.07) is 11.8. The van der Waals surface area contributed by atoms with E-state index in [0.29, 0.717) is 32.2 Å². The minimum atomic E-state index is -1.50. The van der Waals surface area contributed by atoms with Crippen molar-refractivity contribution in [1.29, 1.82) is 5.26 Å². The van der Waals surface area contributed by atoms with Crippen molar-refractivity contribution in [1.82, 2.24) is 0 Å². The molecule has 1 aromatic carbocycles. The quantitative estimate of drug-likeness (QED) is 0.598. The number of hydrogen-bond acceptors (Lipinski definition) is 4. The molecule has 1 aromatic rings. The number of benzene rings is 1. The minimum Gasteiger partial charge on any atom is -0.480 e. The molecule has 0 heterocycles. The predicted molar refractivity (Wildman–Crippen MR) is 81.3 cm³/mol. The second kappa shape index (κ2) is 8.40. The summed E-state index contributed by atoms with van der Waals surface area (Å²) in [5.74, 6) is -1.83. The van der Waals surface area contributed by atoms with Gasteiger partial charge in [0.15, 0.2) is 0 Å². The second-order valence-corrected chi connectivity index (χ2v) is 5.30. The van der Waals surface area contributed by atoms with E-state index < -0.39 is 17.4 Å². The molecule has 5 heteroatoms. The molecule has 114 valence electrons. The first-order valence-corrected chi connectivity index (χ1v) is 7.20. The van der Waals surface area contributed by atoms with E-state index in [1.165, 1.54) is 0 Å². The predicted octanol–water partition coefficient (Wildman–Crippen LogP) is 1.67. The van der Waals surface area contributed by atoms with E-state index in [9.17, 15) is 15.2 Å². The summed E-state index contributed by atoms with van der Waals surface area (Å²) in [6.45, 7) is 0.497. The van der Waals surface area contributed by atoms with Crippen molar-refractivity contribution in [3.63, 3.8) is 0 Å². The largest absolute Gasteiger partial charge is 0.480 e. The highest BCUT2D eigenvalue weighted by atomic mass is 16.4. The van der Waals surface area contributed by atoms with E-state index in [0.717, 1.165) is 5.56 Å². The van der Waals surface area contributed by atoms with Crippen LogP contribution in [-0.4, -0.2) is 23.2 Å². The van der Waals surface area contributed by atoms with Crippen molar-refractivity contribution >= 4 is 5.97 Å². The summed E-state index contributed by atoms with van der Waals surface area (Å²) in [4.78, 5) is 11.5. The van der Waals surface area contributed by atoms with Crippen LogP contribution < -0.4 is 11.5 Å². The lowest BCUT2D eigenvalue weighted by molar-refractivity contribution is -0.145. The fraction of sp³-hybridized carbons (Fsp3) is 0.500. The van der Waals surface area contributed by atoms with Crippen molar-refractivity contribution in [3.05, 3.63) is 35.9 Å². The van der Waals surface area contributed by atoms with Crippen LogP contribution in [-0.2, 0) is 11.2 Å². The van der Waals surface area contributed by atoms with Gasteiger partial charge in [0.05, 0.1) is 12.0 Å². The number of nitrogens with two attached hydrogens (primary N) is 2. The summed E-state index contributed by atoms with van der Waals surface area (Å²) in [5.41, 5.74) is 11.0. The molecule has 0 saturated carbocycles. The first kappa shape index (κ1) is 17.2. The van der Waals surface area contributed by atoms with E-state index >= 15 is 0 Å². The topological polar surface area (TPSA) is 113 Å². The van der Waals surface area contributed by atoms with Gasteiger partial charge in [0.25, 0.3) is 0 Å². The van der Waals surface area contributed by atoms with Gasteiger partial charge in [0.2, 0.25) is 0 Å². The molecule has 0 saturated heterocycles. The molecule has 0 aromatic heterocycles. The molecular formula is C16H23N3O2. The second-order valence-electron chi connectivity index (χ2n) is 5.30. The number of hydrogen-bond donors (Lipinski definition) is 3. The fourth-order valence-corrected chi connectivity index (χ4v) is 2.39. The van der Waals surface area contributed by atoms with Crippen molar-refractivity contribution in [3.8, 4) is 6.07 Å². The Hall–Kier alpha value is -1.90. The Morgan fingerprint density at radius 2 is 2.00 bits per heavy atom. The molecule has 0 aliphatic heterocycles. The third-order valence-electron chi connectivity index (χ3n) is 3.78. The molecule has 2 atom stereocenters. The average Bonchev–Trinajstić information content (AvgIpc) is 2.49. The summed E-state index contributed by atoms with van der Waals surface area (Å²) in [6.07, 6.45) is 2.67. The molecule has 0 aliphatic carbocycles. The maximum atomic E-state index is 11.5. The molecule has 1 unspecified atom stereocenters. The van der Waals surface area contributed by atoms with Gasteiger partial charge in [-0.05, 0) is 44.2 Å². The van der Waals surface area contributed by atoms with Crippen LogP contribution in [0.3, 0.4) is 0 Å². The van der Waals surface area contributed by atoms with Crippen LogP contribution in [0.5, 0.6) is 0 Å². The molecule has 0 amide bonds. The van der Waals surface area contributed by atoms with E-state index in [4.69, 9.17) is 11.5 Å². The molecule has 0 bridgehead atoms. The van der Waals surface area contributed by atoms with E-state index in [1.54, 1.807) is 0 Å². The number of nitriles is 1. The Morgan fingerprint density at radius 3 is 2.52 bits per heavy atom. The molecule has 0 spiro atoms. The Balaban J connectivity index is 2.73. The standard InChI is InChI=1S/C16H23N3O2/c17-11-5-4-10-16(19,15(20)21)14(12-18)9-8-13-6-2-1-3-7-13/h1-3,6-7,14H,4-5,8-11,17,19H2,(H,20,21)/t14?,16-/m1/s1. The normalized spacial score (nSPS) is 14.9. The number of rotatable bonds is 9. The van der Waals surface area contributed by atoms with Crippen molar-refractivity contribution in [2.24, 2.45) is 17.4 Å². The number of carboxylic acid groups (broad SMARTS) is 1. The lowest BCUT2D eigenvalue weighted by Crippen LogP contribution is -2.54. The Kier molecular flexibility index (Phi) is 6.86. The maximum Gasteiger partial charge on any atom is 0.325 e. The lowest BCUT2D eigenvalue weighted by atomic mass is 9.78. The molecule has 21 heavy (non-hydrogen) atoms. The number of carbonyl (C=O) groups is 1. The van der Waals surface area contributed by atoms with Gasteiger partial charge in [0, 0.05) is 0 Å². The number of carboxylic acids is 1. The number of nitrogens with zero attached hydrogens (tertiary/aromatic N) is 1. The highest BCUT2D eigenvalue weighted by Gasteiger charge is 2.41. The SMILES string of the molecule is N#CC(CCc1ccccc1)[C@](N)(CCCCN)C(=O)O. The highest BCUT2D eigenvalue weighted by molar-refractivity contribution is 5.79. The van der Waals surface area contributed by atoms with Crippen molar-refractivity contribution in [2.45, 2.75) is 37.6 Å². The zero-order chi connectivity index (χ0) is 15.7. The molecule has 0 aliphatic rings. The summed E-state index contributed by atoms with van der Waals surface area (Å²) < 4.78 is 0. The van der Waals surface area contributed by atoms with Gasteiger partial charge in [-0.1, -0.05) is 30.3 Å². The van der Waals surface area contributed by atoms with Crippen LogP contribution in [0.25, 0.3) is 0 Å². The minimum absolute atomic E-state index is 0.270. The first-order valence-electron chi connectivity index (χ1n) is 7.20. The highest BCUT2D eigenvalue weighted by Crippen LogP contribution is 2.26. The smallest absolute Gasteiger partial charge is 0.325 e. The molecule has 0 radical (unpaired) electrons. The van der Waals surface area contributed by atoms with Crippen molar-refractivity contribution in [2.75, 3.05) is 6.54 Å². The van der Waals surface area contributed by atoms with Gasteiger partial charge in [-0.2, -0.15) is 5.26 Å². The van der Waals surface area contributed by atoms with Gasteiger partial charge in [-0.25, -0.2) is 0 Å². The van der Waals surface area contributed by atoms with Crippen LogP contribution in [0.2, 0.25) is 0 Å². The van der Waals surface area contributed by atoms with Crippen LogP contribution in [0.1, 0.15) is 31.2 Å². The van der Waals surface area contributed by atoms with Gasteiger partial charge >= 0.3 is 5.97 Å². The van der Waals surface area contributed by atoms with Gasteiger partial charge in [-0.3, -0.25) is 4.79 Å². The molecule has 0 fully saturated rings. The number of unbranched alkanes of at least 4 members (excludes halogenated alkanes) is 1. The van der Waals surface area contributed by atoms with Crippen LogP contribution >= 0.6 is 0 Å². The fourth-order valence-electron chi connectivity index (χ4n) is 2.39. The third kappa shape index (κ3) is 4.85. The Labute approximate surface area is 125 Å². The summed E-state index contributed by atoms with van der Waals surface area (Å²) in [5, 5.41) is 18.8. The van der Waals surface area contributed by atoms with Gasteiger partial charge in [0.1, 0.15) is 5.54 Å².